The van der Waals surface area contributed by atoms with Gasteiger partial charge in [0.2, 0.25) is 11.8 Å². The summed E-state index contributed by atoms with van der Waals surface area (Å²) in [6.07, 6.45) is 0.414. The molecule has 0 radical (unpaired) electrons. The van der Waals surface area contributed by atoms with E-state index in [1.807, 2.05) is 85.8 Å². The summed E-state index contributed by atoms with van der Waals surface area (Å²) < 4.78 is 37.1. The van der Waals surface area contributed by atoms with Gasteiger partial charge in [-0.1, -0.05) is 106 Å². The highest BCUT2D eigenvalue weighted by Gasteiger charge is 2.23. The van der Waals surface area contributed by atoms with Crippen LogP contribution in [0.2, 0.25) is 0 Å². The van der Waals surface area contributed by atoms with Crippen molar-refractivity contribution in [2.24, 2.45) is 0 Å². The number of hydrogen-bond acceptors (Lipinski definition) is 6. The zero-order valence-electron chi connectivity index (χ0n) is 29.7. The molecule has 0 fully saturated rings. The van der Waals surface area contributed by atoms with Gasteiger partial charge in [-0.25, -0.2) is 4.98 Å². The van der Waals surface area contributed by atoms with Crippen molar-refractivity contribution in [1.82, 2.24) is 4.98 Å². The first-order valence-electron chi connectivity index (χ1n) is 17.3. The minimum Gasteiger partial charge on any atom is -0.436 e. The molecule has 1 aromatic heterocycles. The Kier molecular flexibility index (Phi) is 10.6. The highest BCUT2D eigenvalue weighted by atomic mass is 32.2. The van der Waals surface area contributed by atoms with Crippen LogP contribution in [0.1, 0.15) is 72.1 Å². The number of aromatic nitrogens is 1. The van der Waals surface area contributed by atoms with Gasteiger partial charge in [0, 0.05) is 23.2 Å². The quantitative estimate of drug-likeness (QED) is 0.0955. The first-order valence-corrected chi connectivity index (χ1v) is 18.9. The maximum atomic E-state index is 14.0. The average molecular weight is 715 g/mol. The molecule has 0 aliphatic heterocycles. The summed E-state index contributed by atoms with van der Waals surface area (Å²) in [7, 11) is -4.12. The van der Waals surface area contributed by atoms with E-state index in [-0.39, 0.29) is 29.9 Å². The third kappa shape index (κ3) is 8.91. The summed E-state index contributed by atoms with van der Waals surface area (Å²) in [5, 5.41) is 3.09. The van der Waals surface area contributed by atoms with Gasteiger partial charge in [0.15, 0.2) is 11.4 Å². The second-order valence-corrected chi connectivity index (χ2v) is 15.8. The smallest absolute Gasteiger partial charge is 0.264 e. The van der Waals surface area contributed by atoms with Crippen LogP contribution in [-0.4, -0.2) is 35.4 Å². The van der Waals surface area contributed by atoms with Gasteiger partial charge < -0.3 is 9.73 Å². The van der Waals surface area contributed by atoms with Crippen LogP contribution in [0.3, 0.4) is 0 Å². The molecular formula is C43H42N2O6S. The highest BCUT2D eigenvalue weighted by Crippen LogP contribution is 2.31. The van der Waals surface area contributed by atoms with Crippen molar-refractivity contribution in [3.8, 4) is 22.6 Å². The van der Waals surface area contributed by atoms with E-state index in [4.69, 9.17) is 8.97 Å². The summed E-state index contributed by atoms with van der Waals surface area (Å²) in [5.41, 5.74) is 9.57. The average Bonchev–Trinajstić information content (AvgIpc) is 3.56. The number of aryl methyl sites for hydroxylation is 1. The second kappa shape index (κ2) is 15.1. The number of hydrogen-bond donors (Lipinski definition) is 2. The van der Waals surface area contributed by atoms with Crippen LogP contribution >= 0.6 is 0 Å². The highest BCUT2D eigenvalue weighted by molar-refractivity contribution is 7.85. The van der Waals surface area contributed by atoms with Gasteiger partial charge in [-0.2, -0.15) is 8.42 Å². The van der Waals surface area contributed by atoms with E-state index in [9.17, 15) is 18.0 Å². The van der Waals surface area contributed by atoms with E-state index in [1.165, 1.54) is 5.56 Å². The van der Waals surface area contributed by atoms with Gasteiger partial charge >= 0.3 is 0 Å². The molecule has 266 valence electrons. The van der Waals surface area contributed by atoms with E-state index < -0.39 is 21.8 Å². The number of amides is 1. The zero-order chi connectivity index (χ0) is 37.0. The van der Waals surface area contributed by atoms with E-state index in [2.05, 4.69) is 55.3 Å². The number of anilines is 1. The Balaban J connectivity index is 1.22. The van der Waals surface area contributed by atoms with Gasteiger partial charge in [0.25, 0.3) is 10.1 Å². The largest absolute Gasteiger partial charge is 0.436 e. The molecular weight excluding hydrogens is 673 g/mol. The van der Waals surface area contributed by atoms with Gasteiger partial charge in [-0.15, -0.1) is 0 Å². The third-order valence-electron chi connectivity index (χ3n) is 9.25. The molecule has 0 saturated heterocycles. The van der Waals surface area contributed by atoms with E-state index in [0.717, 1.165) is 44.5 Å². The van der Waals surface area contributed by atoms with E-state index >= 15 is 0 Å². The van der Waals surface area contributed by atoms with E-state index in [1.54, 1.807) is 12.1 Å². The van der Waals surface area contributed by atoms with Gasteiger partial charge in [0.05, 0.1) is 11.7 Å². The number of nitrogens with zero attached hydrogens (tertiary/aromatic N) is 1. The number of fused-ring (bicyclic) bond motifs is 1. The number of para-hydroxylation sites is 1. The lowest BCUT2D eigenvalue weighted by molar-refractivity contribution is -0.117. The molecule has 1 amide bonds. The molecule has 1 heterocycles. The predicted molar refractivity (Wildman–Crippen MR) is 206 cm³/mol. The number of carbonyl (C=O) groups excluding carboxylic acids is 2. The molecule has 0 spiro atoms. The second-order valence-electron chi connectivity index (χ2n) is 14.2. The van der Waals surface area contributed by atoms with Crippen molar-refractivity contribution >= 4 is 38.6 Å². The lowest BCUT2D eigenvalue weighted by Crippen LogP contribution is -2.23. The molecule has 0 unspecified atom stereocenters. The number of oxazole rings is 1. The van der Waals surface area contributed by atoms with Crippen LogP contribution in [-0.2, 0) is 26.7 Å². The Morgan fingerprint density at radius 3 is 2.02 bits per heavy atom. The molecule has 8 nitrogen and oxygen atoms in total. The first kappa shape index (κ1) is 36.4. The number of carbonyl (C=O) groups is 2. The Morgan fingerprint density at radius 2 is 1.42 bits per heavy atom. The van der Waals surface area contributed by atoms with Crippen LogP contribution in [0.4, 0.5) is 5.69 Å². The third-order valence-corrected chi connectivity index (χ3v) is 10.1. The molecule has 0 bridgehead atoms. The van der Waals surface area contributed by atoms with Gasteiger partial charge in [-0.3, -0.25) is 14.1 Å². The van der Waals surface area contributed by atoms with Gasteiger partial charge in [-0.05, 0) is 88.9 Å². The monoisotopic (exact) mass is 714 g/mol. The first-order chi connectivity index (χ1) is 24.7. The summed E-state index contributed by atoms with van der Waals surface area (Å²) in [4.78, 5) is 31.3. The fraction of sp³-hybridized carbons (Fsp3) is 0.233. The molecule has 1 atom stereocenters. The standard InChI is InChI=1S/C43H42N2O6S/c1-28-7-5-8-38-40(28)51-42(45-38)34-20-24-36(25-21-34)44-41(47)37(27-29-10-12-33(13-11-29)39(46)9-6-26-52(48,49)50)32-16-14-30(15-17-32)31-18-22-35(23-19-31)43(2,3)4/h5,7-8,10-25,37H,6,9,26-27H2,1-4H3,(H,44,47)(H,48,49,50)/t37-/m1/s1. The summed E-state index contributed by atoms with van der Waals surface area (Å²) in [5.74, 6) is -0.903. The maximum absolute atomic E-state index is 14.0. The Morgan fingerprint density at radius 1 is 0.808 bits per heavy atom. The van der Waals surface area contributed by atoms with Crippen molar-refractivity contribution in [1.29, 1.82) is 0 Å². The normalized spacial score (nSPS) is 12.5. The van der Waals surface area contributed by atoms with Crippen molar-refractivity contribution < 1.29 is 27.0 Å². The van der Waals surface area contributed by atoms with Gasteiger partial charge in [0.1, 0.15) is 5.52 Å². The molecule has 0 aliphatic carbocycles. The molecule has 9 heteroatoms. The molecule has 0 saturated carbocycles. The number of Topliss-reactive ketones (excluding diaryl/α,β-unsaturated/α-hetero) is 1. The summed E-state index contributed by atoms with van der Waals surface area (Å²) >= 11 is 0. The Bertz CT molecular complexity index is 2300. The fourth-order valence-corrected chi connectivity index (χ4v) is 6.70. The predicted octanol–water partition coefficient (Wildman–Crippen LogP) is 9.58. The SMILES string of the molecule is Cc1cccc2nc(-c3ccc(NC(=O)[C@H](Cc4ccc(C(=O)CCCS(=O)(=O)O)cc4)c4ccc(-c5ccc(C(C)(C)C)cc5)cc4)cc3)oc12. The van der Waals surface area contributed by atoms with Crippen molar-refractivity contribution in [3.63, 3.8) is 0 Å². The van der Waals surface area contributed by atoms with Crippen molar-refractivity contribution in [3.05, 3.63) is 143 Å². The Hall–Kier alpha value is -5.38. The summed E-state index contributed by atoms with van der Waals surface area (Å²) in [6.45, 7) is 8.55. The number of nitrogens with one attached hydrogen (secondary N) is 1. The lowest BCUT2D eigenvalue weighted by Gasteiger charge is -2.20. The van der Waals surface area contributed by atoms with Crippen LogP contribution in [0.25, 0.3) is 33.7 Å². The molecule has 52 heavy (non-hydrogen) atoms. The number of ketones is 1. The fourth-order valence-electron chi connectivity index (χ4n) is 6.19. The number of benzene rings is 5. The van der Waals surface area contributed by atoms with E-state index in [0.29, 0.717) is 23.6 Å². The molecule has 6 rings (SSSR count). The van der Waals surface area contributed by atoms with Crippen LogP contribution in [0.5, 0.6) is 0 Å². The van der Waals surface area contributed by atoms with Crippen molar-refractivity contribution in [2.45, 2.75) is 58.3 Å². The molecule has 6 aromatic rings. The summed E-state index contributed by atoms with van der Waals surface area (Å²) in [6, 6.07) is 36.9. The van der Waals surface area contributed by atoms with Crippen LogP contribution in [0.15, 0.2) is 120 Å². The maximum Gasteiger partial charge on any atom is 0.264 e. The van der Waals surface area contributed by atoms with Crippen LogP contribution in [0, 0.1) is 6.92 Å². The van der Waals surface area contributed by atoms with Crippen molar-refractivity contribution in [2.75, 3.05) is 11.1 Å². The van der Waals surface area contributed by atoms with Crippen LogP contribution < -0.4 is 5.32 Å². The molecule has 2 N–H and O–H groups in total. The number of rotatable bonds is 12. The minimum atomic E-state index is -4.12. The molecule has 0 aliphatic rings. The molecule has 5 aromatic carbocycles. The lowest BCUT2D eigenvalue weighted by atomic mass is 9.86. The zero-order valence-corrected chi connectivity index (χ0v) is 30.5. The Labute approximate surface area is 304 Å². The topological polar surface area (TPSA) is 127 Å². The minimum absolute atomic E-state index is 0.000283.